The Balaban J connectivity index is 2.13. The van der Waals surface area contributed by atoms with E-state index in [0.717, 1.165) is 16.9 Å². The molecule has 0 saturated carbocycles. The molecule has 1 aliphatic heterocycles. The van der Waals surface area contributed by atoms with Crippen molar-refractivity contribution in [2.45, 2.75) is 38.2 Å². The fourth-order valence-electron chi connectivity index (χ4n) is 3.59. The second kappa shape index (κ2) is 6.40. The van der Waals surface area contributed by atoms with Gasteiger partial charge in [0.2, 0.25) is 0 Å². The molecule has 1 aliphatic rings. The standard InChI is InChI=1S/C22H24O3/c1-21(2)18(20(23)24)14-15-19(25-21)22(3,16-10-6-4-7-11-16)17-12-8-5-9-13-17/h4-13,15,18H,14H2,1-3H3,(H,23,24)/p-1/t18-/m0/s1. The van der Waals surface area contributed by atoms with E-state index in [1.807, 2.05) is 56.3 Å². The molecule has 1 heterocycles. The molecular formula is C22H23O3-. The number of hydrogen-bond donors (Lipinski definition) is 0. The fourth-order valence-corrected chi connectivity index (χ4v) is 3.59. The molecule has 0 unspecified atom stereocenters. The summed E-state index contributed by atoms with van der Waals surface area (Å²) < 4.78 is 6.26. The average molecular weight is 335 g/mol. The zero-order valence-electron chi connectivity index (χ0n) is 14.9. The molecule has 25 heavy (non-hydrogen) atoms. The van der Waals surface area contributed by atoms with Crippen molar-refractivity contribution in [3.63, 3.8) is 0 Å². The monoisotopic (exact) mass is 335 g/mol. The van der Waals surface area contributed by atoms with Gasteiger partial charge < -0.3 is 14.6 Å². The van der Waals surface area contributed by atoms with Gasteiger partial charge in [-0.05, 0) is 44.4 Å². The molecule has 3 nitrogen and oxygen atoms in total. The van der Waals surface area contributed by atoms with E-state index in [1.165, 1.54) is 0 Å². The van der Waals surface area contributed by atoms with Crippen molar-refractivity contribution >= 4 is 5.97 Å². The number of carbonyl (C=O) groups is 1. The van der Waals surface area contributed by atoms with Crippen molar-refractivity contribution in [2.24, 2.45) is 5.92 Å². The lowest BCUT2D eigenvalue weighted by atomic mass is 9.72. The van der Waals surface area contributed by atoms with Crippen molar-refractivity contribution in [1.82, 2.24) is 0 Å². The molecule has 0 spiro atoms. The van der Waals surface area contributed by atoms with Gasteiger partial charge in [0.1, 0.15) is 11.4 Å². The smallest absolute Gasteiger partial charge is 0.111 e. The van der Waals surface area contributed by atoms with Gasteiger partial charge in [-0.25, -0.2) is 0 Å². The summed E-state index contributed by atoms with van der Waals surface area (Å²) in [6, 6.07) is 20.3. The Morgan fingerprint density at radius 2 is 1.52 bits per heavy atom. The van der Waals surface area contributed by atoms with E-state index in [0.29, 0.717) is 6.42 Å². The third kappa shape index (κ3) is 3.07. The first-order valence-electron chi connectivity index (χ1n) is 8.57. The molecule has 2 aromatic rings. The molecule has 0 fully saturated rings. The maximum Gasteiger partial charge on any atom is 0.111 e. The van der Waals surface area contributed by atoms with Crippen molar-refractivity contribution < 1.29 is 14.6 Å². The lowest BCUT2D eigenvalue weighted by molar-refractivity contribution is -0.317. The first-order chi connectivity index (χ1) is 11.9. The first kappa shape index (κ1) is 17.3. The lowest BCUT2D eigenvalue weighted by Gasteiger charge is -2.45. The Bertz CT molecular complexity index is 736. The third-order valence-electron chi connectivity index (χ3n) is 5.23. The number of carboxylic acids is 1. The van der Waals surface area contributed by atoms with E-state index in [-0.39, 0.29) is 0 Å². The molecule has 3 rings (SSSR count). The third-order valence-corrected chi connectivity index (χ3v) is 5.23. The van der Waals surface area contributed by atoms with Gasteiger partial charge in [0.25, 0.3) is 0 Å². The van der Waals surface area contributed by atoms with Crippen LogP contribution in [0.5, 0.6) is 0 Å². The molecule has 0 saturated heterocycles. The molecule has 2 aromatic carbocycles. The molecule has 0 radical (unpaired) electrons. The Morgan fingerprint density at radius 3 is 1.92 bits per heavy atom. The van der Waals surface area contributed by atoms with Crippen LogP contribution in [0.3, 0.4) is 0 Å². The number of aliphatic carboxylic acids is 1. The molecule has 1 atom stereocenters. The van der Waals surface area contributed by atoms with Gasteiger partial charge in [-0.2, -0.15) is 0 Å². The summed E-state index contributed by atoms with van der Waals surface area (Å²) in [7, 11) is 0. The Kier molecular flexibility index (Phi) is 4.42. The minimum Gasteiger partial charge on any atom is -0.550 e. The van der Waals surface area contributed by atoms with Gasteiger partial charge >= 0.3 is 0 Å². The SMILES string of the molecule is CC(C1=CC[C@@H](C(=O)[O-])C(C)(C)O1)(c1ccccc1)c1ccccc1. The number of allylic oxidation sites excluding steroid dienone is 2. The number of carbonyl (C=O) groups excluding carboxylic acids is 1. The number of carboxylic acid groups (broad SMARTS) is 1. The number of ether oxygens (including phenoxy) is 1. The highest BCUT2D eigenvalue weighted by Gasteiger charge is 2.43. The maximum absolute atomic E-state index is 11.4. The zero-order chi connectivity index (χ0) is 18.1. The highest BCUT2D eigenvalue weighted by molar-refractivity contribution is 5.70. The van der Waals surface area contributed by atoms with E-state index >= 15 is 0 Å². The molecule has 3 heteroatoms. The predicted molar refractivity (Wildman–Crippen MR) is 95.7 cm³/mol. The number of rotatable bonds is 4. The summed E-state index contributed by atoms with van der Waals surface area (Å²) in [5.41, 5.74) is 0.898. The fraction of sp³-hybridized carbons (Fsp3) is 0.318. The van der Waals surface area contributed by atoms with Crippen LogP contribution in [-0.2, 0) is 14.9 Å². The van der Waals surface area contributed by atoms with E-state index in [2.05, 4.69) is 31.2 Å². The molecule has 0 amide bonds. The van der Waals surface area contributed by atoms with Crippen LogP contribution in [0.15, 0.2) is 72.5 Å². The molecule has 0 aromatic heterocycles. The summed E-state index contributed by atoms with van der Waals surface area (Å²) >= 11 is 0. The van der Waals surface area contributed by atoms with Gasteiger partial charge in [-0.1, -0.05) is 60.7 Å². The van der Waals surface area contributed by atoms with Crippen molar-refractivity contribution in [2.75, 3.05) is 0 Å². The van der Waals surface area contributed by atoms with Crippen LogP contribution in [0.4, 0.5) is 0 Å². The second-order valence-corrected chi connectivity index (χ2v) is 7.24. The highest BCUT2D eigenvalue weighted by atomic mass is 16.5. The highest BCUT2D eigenvalue weighted by Crippen LogP contribution is 2.45. The van der Waals surface area contributed by atoms with E-state index in [1.54, 1.807) is 0 Å². The zero-order valence-corrected chi connectivity index (χ0v) is 14.9. The van der Waals surface area contributed by atoms with Crippen LogP contribution in [-0.4, -0.2) is 11.6 Å². The van der Waals surface area contributed by atoms with E-state index < -0.39 is 22.9 Å². The van der Waals surface area contributed by atoms with Gasteiger partial charge in [0, 0.05) is 11.9 Å². The molecule has 0 bridgehead atoms. The van der Waals surface area contributed by atoms with Gasteiger partial charge in [-0.3, -0.25) is 0 Å². The molecule has 130 valence electrons. The quantitative estimate of drug-likeness (QED) is 0.860. The summed E-state index contributed by atoms with van der Waals surface area (Å²) in [5.74, 6) is -0.944. The second-order valence-electron chi connectivity index (χ2n) is 7.24. The summed E-state index contributed by atoms with van der Waals surface area (Å²) in [6.07, 6.45) is 2.31. The van der Waals surface area contributed by atoms with E-state index in [9.17, 15) is 9.90 Å². The summed E-state index contributed by atoms with van der Waals surface area (Å²) in [6.45, 7) is 5.76. The minimum absolute atomic E-state index is 0.403. The minimum atomic E-state index is -1.07. The number of hydrogen-bond acceptors (Lipinski definition) is 3. The Morgan fingerprint density at radius 1 is 1.04 bits per heavy atom. The molecule has 0 aliphatic carbocycles. The summed E-state index contributed by atoms with van der Waals surface area (Å²) in [4.78, 5) is 11.4. The Labute approximate surface area is 149 Å². The van der Waals surface area contributed by atoms with Crippen molar-refractivity contribution in [3.8, 4) is 0 Å². The molecular weight excluding hydrogens is 312 g/mol. The average Bonchev–Trinajstić information content (AvgIpc) is 2.61. The first-order valence-corrected chi connectivity index (χ1v) is 8.57. The lowest BCUT2D eigenvalue weighted by Crippen LogP contribution is -2.49. The van der Waals surface area contributed by atoms with Gasteiger partial charge in [0.15, 0.2) is 0 Å². The number of benzene rings is 2. The predicted octanol–water partition coefficient (Wildman–Crippen LogP) is 3.44. The van der Waals surface area contributed by atoms with Crippen LogP contribution in [0.1, 0.15) is 38.3 Å². The van der Waals surface area contributed by atoms with E-state index in [4.69, 9.17) is 4.74 Å². The van der Waals surface area contributed by atoms with Crippen LogP contribution in [0.25, 0.3) is 0 Å². The molecule has 0 N–H and O–H groups in total. The van der Waals surface area contributed by atoms with Crippen LogP contribution in [0.2, 0.25) is 0 Å². The summed E-state index contributed by atoms with van der Waals surface area (Å²) in [5, 5.41) is 11.4. The normalized spacial score (nSPS) is 19.6. The Hall–Kier alpha value is -2.55. The van der Waals surface area contributed by atoms with Gasteiger partial charge in [-0.15, -0.1) is 0 Å². The van der Waals surface area contributed by atoms with Crippen LogP contribution in [0, 0.1) is 5.92 Å². The van der Waals surface area contributed by atoms with Crippen LogP contribution < -0.4 is 5.11 Å². The largest absolute Gasteiger partial charge is 0.550 e. The maximum atomic E-state index is 11.4. The van der Waals surface area contributed by atoms with Crippen molar-refractivity contribution in [1.29, 1.82) is 0 Å². The van der Waals surface area contributed by atoms with Crippen LogP contribution >= 0.6 is 0 Å². The van der Waals surface area contributed by atoms with Crippen molar-refractivity contribution in [3.05, 3.63) is 83.6 Å². The van der Waals surface area contributed by atoms with Gasteiger partial charge in [0.05, 0.1) is 5.41 Å². The topological polar surface area (TPSA) is 49.4 Å².